The van der Waals surface area contributed by atoms with Crippen molar-refractivity contribution in [2.75, 3.05) is 11.9 Å². The number of carbonyl (C=O) groups is 1. The first-order valence-corrected chi connectivity index (χ1v) is 6.08. The van der Waals surface area contributed by atoms with Crippen LogP contribution in [0.1, 0.15) is 24.2 Å². The van der Waals surface area contributed by atoms with Gasteiger partial charge < -0.3 is 10.4 Å². The fraction of sp³-hybridized carbons (Fsp3) is 0.200. The Balaban J connectivity index is 2.41. The zero-order valence-corrected chi connectivity index (χ0v) is 11.0. The number of nitrogens with one attached hydrogen (secondary N) is 1. The molecular weight excluding hydrogens is 240 g/mol. The quantitative estimate of drug-likeness (QED) is 0.824. The Kier molecular flexibility index (Phi) is 3.80. The summed E-state index contributed by atoms with van der Waals surface area (Å²) in [4.78, 5) is 15.7. The summed E-state index contributed by atoms with van der Waals surface area (Å²) < 4.78 is 0. The molecule has 0 bridgehead atoms. The lowest BCUT2D eigenvalue weighted by molar-refractivity contribution is 0.0699. The minimum absolute atomic E-state index is 0.269. The summed E-state index contributed by atoms with van der Waals surface area (Å²) in [6, 6.07) is 8.82. The van der Waals surface area contributed by atoms with Gasteiger partial charge in [0.25, 0.3) is 0 Å². The number of aromatic nitrogens is 1. The Morgan fingerprint density at radius 2 is 2.11 bits per heavy atom. The van der Waals surface area contributed by atoms with Gasteiger partial charge >= 0.3 is 5.97 Å². The molecule has 1 heterocycles. The average molecular weight is 256 g/mol. The maximum absolute atomic E-state index is 11.3. The molecule has 1 aromatic carbocycles. The predicted molar refractivity (Wildman–Crippen MR) is 76.6 cm³/mol. The summed E-state index contributed by atoms with van der Waals surface area (Å²) in [6.07, 6.45) is 2.03. The van der Waals surface area contributed by atoms with E-state index in [1.54, 1.807) is 12.1 Å². The first-order chi connectivity index (χ1) is 9.08. The number of fused-ring (bicyclic) bond motifs is 1. The van der Waals surface area contributed by atoms with E-state index in [0.717, 1.165) is 0 Å². The second-order valence-corrected chi connectivity index (χ2v) is 4.54. The van der Waals surface area contributed by atoms with Crippen LogP contribution in [0.15, 0.2) is 42.0 Å². The fourth-order valence-corrected chi connectivity index (χ4v) is 1.80. The van der Waals surface area contributed by atoms with Crippen LogP contribution < -0.4 is 5.32 Å². The van der Waals surface area contributed by atoms with Crippen LogP contribution in [0, 0.1) is 0 Å². The number of hydrogen-bond donors (Lipinski definition) is 2. The molecule has 0 spiro atoms. The molecule has 0 saturated heterocycles. The number of carboxylic acids is 1. The summed E-state index contributed by atoms with van der Waals surface area (Å²) in [7, 11) is 0. The number of allylic oxidation sites excluding steroid dienone is 1. The number of carboxylic acid groups (broad SMARTS) is 1. The minimum atomic E-state index is -0.941. The van der Waals surface area contributed by atoms with Crippen LogP contribution in [0.25, 0.3) is 10.9 Å². The van der Waals surface area contributed by atoms with Crippen LogP contribution in [0.3, 0.4) is 0 Å². The second kappa shape index (κ2) is 5.52. The van der Waals surface area contributed by atoms with Gasteiger partial charge in [-0.05, 0) is 26.0 Å². The number of hydrogen-bond acceptors (Lipinski definition) is 3. The van der Waals surface area contributed by atoms with Gasteiger partial charge in [0, 0.05) is 11.9 Å². The van der Waals surface area contributed by atoms with E-state index >= 15 is 0 Å². The molecule has 0 atom stereocenters. The summed E-state index contributed by atoms with van der Waals surface area (Å²) in [5.74, 6) is -0.363. The normalized spacial score (nSPS) is 10.2. The summed E-state index contributed by atoms with van der Waals surface area (Å²) in [5.41, 5.74) is 2.15. The van der Waals surface area contributed by atoms with Crippen LogP contribution >= 0.6 is 0 Å². The number of anilines is 1. The Morgan fingerprint density at radius 1 is 1.37 bits per heavy atom. The fourth-order valence-electron chi connectivity index (χ4n) is 1.80. The van der Waals surface area contributed by atoms with Gasteiger partial charge in [-0.15, -0.1) is 0 Å². The number of pyridine rings is 1. The minimum Gasteiger partial charge on any atom is -0.478 e. The molecule has 0 fully saturated rings. The molecular formula is C15H16N2O2. The summed E-state index contributed by atoms with van der Waals surface area (Å²) in [6.45, 7) is 4.66. The molecule has 0 aliphatic carbocycles. The highest BCUT2D eigenvalue weighted by Gasteiger charge is 2.10. The van der Waals surface area contributed by atoms with E-state index in [1.807, 2.05) is 38.1 Å². The van der Waals surface area contributed by atoms with Gasteiger partial charge in [-0.25, -0.2) is 9.78 Å². The number of benzene rings is 1. The molecule has 4 nitrogen and oxygen atoms in total. The molecule has 0 unspecified atom stereocenters. The molecule has 0 radical (unpaired) electrons. The van der Waals surface area contributed by atoms with E-state index in [0.29, 0.717) is 23.3 Å². The van der Waals surface area contributed by atoms with Crippen molar-refractivity contribution in [1.82, 2.24) is 4.98 Å². The first-order valence-electron chi connectivity index (χ1n) is 6.08. The third kappa shape index (κ3) is 3.10. The van der Waals surface area contributed by atoms with Gasteiger partial charge in [0.15, 0.2) is 0 Å². The zero-order chi connectivity index (χ0) is 13.8. The van der Waals surface area contributed by atoms with Gasteiger partial charge in [0.1, 0.15) is 5.82 Å². The second-order valence-electron chi connectivity index (χ2n) is 4.54. The smallest absolute Gasteiger partial charge is 0.336 e. The lowest BCUT2D eigenvalue weighted by Gasteiger charge is -2.07. The van der Waals surface area contributed by atoms with Crippen LogP contribution in [0.5, 0.6) is 0 Å². The van der Waals surface area contributed by atoms with Crippen LogP contribution in [0.2, 0.25) is 0 Å². The predicted octanol–water partition coefficient (Wildman–Crippen LogP) is 3.31. The van der Waals surface area contributed by atoms with E-state index < -0.39 is 5.97 Å². The lowest BCUT2D eigenvalue weighted by Crippen LogP contribution is -2.05. The van der Waals surface area contributed by atoms with Gasteiger partial charge in [-0.3, -0.25) is 0 Å². The molecule has 0 saturated carbocycles. The molecule has 4 heteroatoms. The molecule has 2 aromatic rings. The van der Waals surface area contributed by atoms with Crippen LogP contribution in [-0.4, -0.2) is 22.6 Å². The number of para-hydroxylation sites is 1. The third-order valence-electron chi connectivity index (χ3n) is 2.74. The van der Waals surface area contributed by atoms with Crippen molar-refractivity contribution in [3.8, 4) is 0 Å². The Labute approximate surface area is 111 Å². The summed E-state index contributed by atoms with van der Waals surface area (Å²) >= 11 is 0. The lowest BCUT2D eigenvalue weighted by atomic mass is 10.1. The largest absolute Gasteiger partial charge is 0.478 e. The number of aromatic carboxylic acids is 1. The first kappa shape index (κ1) is 13.1. The Morgan fingerprint density at radius 3 is 2.79 bits per heavy atom. The standard InChI is InChI=1S/C15H16N2O2/c1-10(2)7-8-16-14-9-12(15(18)19)11-5-3-4-6-13(11)17-14/h3-7,9H,8H2,1-2H3,(H,16,17)(H,18,19). The molecule has 0 amide bonds. The van der Waals surface area contributed by atoms with Gasteiger partial charge in [0.05, 0.1) is 11.1 Å². The number of nitrogens with zero attached hydrogens (tertiary/aromatic N) is 1. The molecule has 0 aliphatic rings. The molecule has 19 heavy (non-hydrogen) atoms. The van der Waals surface area contributed by atoms with E-state index in [2.05, 4.69) is 10.3 Å². The summed E-state index contributed by atoms with van der Waals surface area (Å²) in [5, 5.41) is 13.0. The molecule has 2 N–H and O–H groups in total. The van der Waals surface area contributed by atoms with Crippen molar-refractivity contribution in [3.63, 3.8) is 0 Å². The number of rotatable bonds is 4. The van der Waals surface area contributed by atoms with Crippen molar-refractivity contribution in [3.05, 3.63) is 47.5 Å². The van der Waals surface area contributed by atoms with Crippen LogP contribution in [-0.2, 0) is 0 Å². The van der Waals surface area contributed by atoms with E-state index in [-0.39, 0.29) is 5.56 Å². The van der Waals surface area contributed by atoms with Crippen molar-refractivity contribution < 1.29 is 9.90 Å². The molecule has 98 valence electrons. The highest BCUT2D eigenvalue weighted by molar-refractivity contribution is 6.03. The third-order valence-corrected chi connectivity index (χ3v) is 2.74. The van der Waals surface area contributed by atoms with E-state index in [9.17, 15) is 9.90 Å². The van der Waals surface area contributed by atoms with Crippen molar-refractivity contribution >= 4 is 22.7 Å². The highest BCUT2D eigenvalue weighted by Crippen LogP contribution is 2.20. The Hall–Kier alpha value is -2.36. The molecule has 2 rings (SSSR count). The highest BCUT2D eigenvalue weighted by atomic mass is 16.4. The average Bonchev–Trinajstić information content (AvgIpc) is 2.37. The van der Waals surface area contributed by atoms with Gasteiger partial charge in [-0.1, -0.05) is 29.8 Å². The maximum Gasteiger partial charge on any atom is 0.336 e. The van der Waals surface area contributed by atoms with Crippen molar-refractivity contribution in [2.45, 2.75) is 13.8 Å². The monoisotopic (exact) mass is 256 g/mol. The van der Waals surface area contributed by atoms with Crippen molar-refractivity contribution in [2.24, 2.45) is 0 Å². The van der Waals surface area contributed by atoms with E-state index in [1.165, 1.54) is 5.57 Å². The van der Waals surface area contributed by atoms with Gasteiger partial charge in [-0.2, -0.15) is 0 Å². The topological polar surface area (TPSA) is 62.2 Å². The molecule has 1 aromatic heterocycles. The van der Waals surface area contributed by atoms with E-state index in [4.69, 9.17) is 0 Å². The van der Waals surface area contributed by atoms with Crippen LogP contribution in [0.4, 0.5) is 5.82 Å². The maximum atomic E-state index is 11.3. The zero-order valence-electron chi connectivity index (χ0n) is 11.0. The van der Waals surface area contributed by atoms with Crippen molar-refractivity contribution in [1.29, 1.82) is 0 Å². The Bertz CT molecular complexity index is 644. The molecule has 0 aliphatic heterocycles. The van der Waals surface area contributed by atoms with Gasteiger partial charge in [0.2, 0.25) is 0 Å². The SMILES string of the molecule is CC(C)=CCNc1cc(C(=O)O)c2ccccc2n1.